The number of nitrogens with zero attached hydrogens (tertiary/aromatic N) is 3. The van der Waals surface area contributed by atoms with E-state index in [0.29, 0.717) is 5.92 Å². The van der Waals surface area contributed by atoms with E-state index in [-0.39, 0.29) is 5.41 Å². The van der Waals surface area contributed by atoms with Gasteiger partial charge < -0.3 is 4.74 Å². The summed E-state index contributed by atoms with van der Waals surface area (Å²) in [6.07, 6.45) is 2.27. The fraction of sp³-hybridized carbons (Fsp3) is 0.273. The summed E-state index contributed by atoms with van der Waals surface area (Å²) >= 11 is 0. The van der Waals surface area contributed by atoms with Crippen LogP contribution in [0.2, 0.25) is 0 Å². The maximum Gasteiger partial charge on any atom is 0.347 e. The lowest BCUT2D eigenvalue weighted by molar-refractivity contribution is -0.733. The Balaban J connectivity index is 1.65. The number of rotatable bonds is 2. The van der Waals surface area contributed by atoms with Crippen molar-refractivity contribution in [3.8, 4) is 28.4 Å². The molecule has 5 heterocycles. The van der Waals surface area contributed by atoms with Crippen molar-refractivity contribution in [2.24, 2.45) is 5.92 Å². The fourth-order valence-electron chi connectivity index (χ4n) is 6.98. The summed E-state index contributed by atoms with van der Waals surface area (Å²) in [5, 5.41) is 0. The topological polar surface area (TPSA) is 21.9 Å². The molecule has 2 aromatic heterocycles. The van der Waals surface area contributed by atoms with Crippen LogP contribution in [0, 0.1) is 5.92 Å². The molecule has 0 radical (unpaired) electrons. The standard InChI is InChI=1S/C33H31N3O/c1-20(2)19-34-26-14-10-15-27-30(26)36-29-24(17-21(32(3,4)5)18-28(29)37-27)33(31(34)36)23-12-7-6-11-22(23)25-13-8-9-16-35(25)33/h6-18,20H,19H2,1-5H3/q+2. The second-order valence-electron chi connectivity index (χ2n) is 12.2. The molecule has 4 heteroatoms. The van der Waals surface area contributed by atoms with E-state index in [0.717, 1.165) is 18.0 Å². The minimum absolute atomic E-state index is 0.0180. The maximum atomic E-state index is 6.75. The third-order valence-electron chi connectivity index (χ3n) is 8.42. The lowest BCUT2D eigenvalue weighted by atomic mass is 9.79. The van der Waals surface area contributed by atoms with Crippen LogP contribution in [0.1, 0.15) is 57.1 Å². The minimum Gasteiger partial charge on any atom is -0.448 e. The lowest BCUT2D eigenvalue weighted by Gasteiger charge is -2.25. The Morgan fingerprint density at radius 1 is 0.892 bits per heavy atom. The van der Waals surface area contributed by atoms with Crippen LogP contribution < -0.4 is 13.9 Å². The van der Waals surface area contributed by atoms with Gasteiger partial charge in [0.25, 0.3) is 0 Å². The second kappa shape index (κ2) is 6.69. The number of aromatic nitrogens is 3. The monoisotopic (exact) mass is 485 g/mol. The summed E-state index contributed by atoms with van der Waals surface area (Å²) in [6, 6.07) is 26.8. The molecule has 0 fully saturated rings. The molecule has 0 bridgehead atoms. The smallest absolute Gasteiger partial charge is 0.347 e. The highest BCUT2D eigenvalue weighted by Crippen LogP contribution is 2.55. The first-order valence-corrected chi connectivity index (χ1v) is 13.4. The number of benzene rings is 3. The molecule has 8 rings (SSSR count). The van der Waals surface area contributed by atoms with Gasteiger partial charge in [0.2, 0.25) is 11.2 Å². The van der Waals surface area contributed by atoms with Gasteiger partial charge in [0.05, 0.1) is 23.2 Å². The van der Waals surface area contributed by atoms with Crippen molar-refractivity contribution < 1.29 is 13.9 Å². The Morgan fingerprint density at radius 2 is 1.70 bits per heavy atom. The van der Waals surface area contributed by atoms with Crippen LogP contribution in [0.4, 0.5) is 0 Å². The van der Waals surface area contributed by atoms with E-state index >= 15 is 0 Å². The van der Waals surface area contributed by atoms with E-state index < -0.39 is 5.54 Å². The van der Waals surface area contributed by atoms with Crippen molar-refractivity contribution in [2.75, 3.05) is 0 Å². The summed E-state index contributed by atoms with van der Waals surface area (Å²) in [4.78, 5) is 0. The van der Waals surface area contributed by atoms with E-state index in [4.69, 9.17) is 4.74 Å². The zero-order valence-electron chi connectivity index (χ0n) is 22.0. The SMILES string of the molecule is CC(C)Cn1c2[n+]3c4c(cccc41)Oc1cc(C(C)(C)C)cc(c1-3)C21c2ccccc2-c2cccc[n+]21. The van der Waals surface area contributed by atoms with Crippen molar-refractivity contribution in [2.45, 2.75) is 52.1 Å². The van der Waals surface area contributed by atoms with E-state index in [1.807, 2.05) is 0 Å². The quantitative estimate of drug-likeness (QED) is 0.260. The molecular weight excluding hydrogens is 454 g/mol. The largest absolute Gasteiger partial charge is 0.448 e. The fourth-order valence-corrected chi connectivity index (χ4v) is 6.98. The molecule has 1 unspecified atom stereocenters. The van der Waals surface area contributed by atoms with E-state index in [1.165, 1.54) is 50.5 Å². The molecule has 3 aliphatic rings. The number of imidazole rings is 1. The molecule has 0 saturated heterocycles. The third kappa shape index (κ3) is 2.40. The van der Waals surface area contributed by atoms with Gasteiger partial charge in [-0.15, -0.1) is 0 Å². The molecule has 3 aromatic carbocycles. The van der Waals surface area contributed by atoms with Gasteiger partial charge >= 0.3 is 11.4 Å². The van der Waals surface area contributed by atoms with Gasteiger partial charge in [0.1, 0.15) is 0 Å². The van der Waals surface area contributed by atoms with Crippen LogP contribution in [-0.4, -0.2) is 4.57 Å². The molecule has 1 atom stereocenters. The predicted molar refractivity (Wildman–Crippen MR) is 144 cm³/mol. The molecule has 0 saturated carbocycles. The number of pyridine rings is 1. The number of fused-ring (bicyclic) bond motifs is 7. The summed E-state index contributed by atoms with van der Waals surface area (Å²) < 4.78 is 14.4. The highest BCUT2D eigenvalue weighted by Gasteiger charge is 2.69. The van der Waals surface area contributed by atoms with E-state index in [2.05, 4.69) is 127 Å². The van der Waals surface area contributed by atoms with Crippen LogP contribution in [0.5, 0.6) is 11.5 Å². The second-order valence-corrected chi connectivity index (χ2v) is 12.2. The molecule has 4 nitrogen and oxygen atoms in total. The highest BCUT2D eigenvalue weighted by atomic mass is 16.5. The van der Waals surface area contributed by atoms with E-state index in [1.54, 1.807) is 0 Å². The maximum absolute atomic E-state index is 6.75. The van der Waals surface area contributed by atoms with Crippen LogP contribution in [-0.2, 0) is 17.5 Å². The van der Waals surface area contributed by atoms with E-state index in [9.17, 15) is 0 Å². The molecule has 3 aliphatic heterocycles. The molecular formula is C33H31N3O+2. The summed E-state index contributed by atoms with van der Waals surface area (Å²) in [5.74, 6) is 3.69. The van der Waals surface area contributed by atoms with Crippen LogP contribution in [0.15, 0.2) is 79.0 Å². The molecule has 37 heavy (non-hydrogen) atoms. The summed E-state index contributed by atoms with van der Waals surface area (Å²) in [6.45, 7) is 12.4. The molecule has 182 valence electrons. The Kier molecular flexibility index (Phi) is 3.83. The van der Waals surface area contributed by atoms with Gasteiger partial charge in [-0.05, 0) is 53.3 Å². The van der Waals surface area contributed by atoms with Crippen LogP contribution >= 0.6 is 0 Å². The number of para-hydroxylation sites is 1. The Bertz CT molecular complexity index is 1760. The van der Waals surface area contributed by atoms with Crippen molar-refractivity contribution in [1.82, 2.24) is 4.57 Å². The first-order chi connectivity index (χ1) is 17.8. The molecule has 1 spiro atoms. The number of hydrogen-bond donors (Lipinski definition) is 0. The molecule has 0 N–H and O–H groups in total. The van der Waals surface area contributed by atoms with Crippen molar-refractivity contribution >= 4 is 11.0 Å². The normalized spacial score (nSPS) is 18.0. The van der Waals surface area contributed by atoms with Crippen molar-refractivity contribution in [1.29, 1.82) is 0 Å². The Labute approximate surface area is 217 Å². The summed E-state index contributed by atoms with van der Waals surface area (Å²) in [7, 11) is 0. The Morgan fingerprint density at radius 3 is 2.51 bits per heavy atom. The van der Waals surface area contributed by atoms with Crippen molar-refractivity contribution in [3.63, 3.8) is 0 Å². The van der Waals surface area contributed by atoms with Crippen molar-refractivity contribution in [3.05, 3.63) is 102 Å². The van der Waals surface area contributed by atoms with Crippen LogP contribution in [0.3, 0.4) is 0 Å². The predicted octanol–water partition coefficient (Wildman–Crippen LogP) is 6.40. The molecule has 0 aliphatic carbocycles. The average molecular weight is 486 g/mol. The minimum atomic E-state index is -0.489. The first-order valence-electron chi connectivity index (χ1n) is 13.4. The van der Waals surface area contributed by atoms with Gasteiger partial charge in [-0.3, -0.25) is 0 Å². The van der Waals surface area contributed by atoms with Gasteiger partial charge in [0.15, 0.2) is 28.9 Å². The summed E-state index contributed by atoms with van der Waals surface area (Å²) in [5.41, 5.74) is 9.58. The Hall–Kier alpha value is -3.92. The molecule has 5 aromatic rings. The van der Waals surface area contributed by atoms with Gasteiger partial charge in [-0.1, -0.05) is 58.9 Å². The van der Waals surface area contributed by atoms with Crippen LogP contribution in [0.25, 0.3) is 28.0 Å². The van der Waals surface area contributed by atoms with Gasteiger partial charge in [-0.2, -0.15) is 9.13 Å². The first kappa shape index (κ1) is 21.2. The number of hydrogen-bond acceptors (Lipinski definition) is 1. The molecule has 0 amide bonds. The zero-order chi connectivity index (χ0) is 25.3. The highest BCUT2D eigenvalue weighted by molar-refractivity contribution is 5.85. The zero-order valence-corrected chi connectivity index (χ0v) is 22.0. The van der Waals surface area contributed by atoms with Gasteiger partial charge in [-0.25, -0.2) is 4.57 Å². The number of ether oxygens (including phenoxy) is 1. The third-order valence-corrected chi connectivity index (χ3v) is 8.42. The van der Waals surface area contributed by atoms with Gasteiger partial charge in [0, 0.05) is 12.1 Å². The average Bonchev–Trinajstić information content (AvgIpc) is 3.46. The lowest BCUT2D eigenvalue weighted by Crippen LogP contribution is -2.57.